The van der Waals surface area contributed by atoms with Gasteiger partial charge in [-0.15, -0.1) is 0 Å². The first kappa shape index (κ1) is 23.0. The molecule has 8 heteroatoms. The molecule has 0 atom stereocenters. The SMILES string of the molecule is O=S(=O)(O)O.[Ca+2].[NH2-].[NH2-]. The van der Waals surface area contributed by atoms with Crippen molar-refractivity contribution in [1.82, 2.24) is 0 Å². The van der Waals surface area contributed by atoms with Gasteiger partial charge in [0.05, 0.1) is 0 Å². The van der Waals surface area contributed by atoms with E-state index >= 15 is 0 Å². The molecule has 0 aromatic heterocycles. The molecule has 0 amide bonds. The van der Waals surface area contributed by atoms with Crippen LogP contribution in [-0.2, 0) is 10.4 Å². The molecule has 0 aliphatic carbocycles. The fourth-order valence-corrected chi connectivity index (χ4v) is 0. The summed E-state index contributed by atoms with van der Waals surface area (Å²) in [5.41, 5.74) is 0. The van der Waals surface area contributed by atoms with E-state index in [1.54, 1.807) is 0 Å². The van der Waals surface area contributed by atoms with E-state index in [1.807, 2.05) is 0 Å². The van der Waals surface area contributed by atoms with Gasteiger partial charge in [-0.3, -0.25) is 9.11 Å². The molecule has 48 valence electrons. The van der Waals surface area contributed by atoms with Crippen molar-refractivity contribution < 1.29 is 17.5 Å². The van der Waals surface area contributed by atoms with Gasteiger partial charge >= 0.3 is 48.1 Å². The van der Waals surface area contributed by atoms with E-state index in [-0.39, 0.29) is 50.0 Å². The molecule has 0 heterocycles. The van der Waals surface area contributed by atoms with Gasteiger partial charge in [-0.25, -0.2) is 0 Å². The quantitative estimate of drug-likeness (QED) is 0.400. The molecule has 0 fully saturated rings. The van der Waals surface area contributed by atoms with Gasteiger partial charge in [0, 0.05) is 0 Å². The average molecular weight is 170 g/mol. The predicted molar refractivity (Wildman–Crippen MR) is 30.5 cm³/mol. The molecule has 6 N–H and O–H groups in total. The van der Waals surface area contributed by atoms with Crippen molar-refractivity contribution in [3.63, 3.8) is 0 Å². The fourth-order valence-electron chi connectivity index (χ4n) is 0. The zero-order chi connectivity index (χ0) is 4.50. The molecule has 0 bridgehead atoms. The van der Waals surface area contributed by atoms with Crippen LogP contribution in [0.5, 0.6) is 0 Å². The van der Waals surface area contributed by atoms with Gasteiger partial charge in [0.1, 0.15) is 0 Å². The standard InChI is InChI=1S/Ca.2H2N.H2O4S/c;;;1-5(2,3)4/h;2*1H2;(H2,1,2,3,4)/q+2;2*-1;. The Hall–Kier alpha value is 1.05. The topological polar surface area (TPSA) is 142 Å². The van der Waals surface area contributed by atoms with E-state index in [1.165, 1.54) is 0 Å². The van der Waals surface area contributed by atoms with Crippen LogP contribution in [0.4, 0.5) is 0 Å². The van der Waals surface area contributed by atoms with Gasteiger partial charge in [0.2, 0.25) is 0 Å². The van der Waals surface area contributed by atoms with Gasteiger partial charge in [-0.1, -0.05) is 0 Å². The molecule has 0 saturated heterocycles. The number of hydrogen-bond acceptors (Lipinski definition) is 2. The van der Waals surface area contributed by atoms with Crippen LogP contribution in [0.25, 0.3) is 12.3 Å². The zero-order valence-corrected chi connectivity index (χ0v) is 7.01. The van der Waals surface area contributed by atoms with Gasteiger partial charge in [-0.2, -0.15) is 8.42 Å². The number of hydrogen-bond donors (Lipinski definition) is 2. The summed E-state index contributed by atoms with van der Waals surface area (Å²) >= 11 is 0. The van der Waals surface area contributed by atoms with Gasteiger partial charge in [-0.05, 0) is 0 Å². The second kappa shape index (κ2) is 8.05. The molecular weight excluding hydrogens is 164 g/mol. The predicted octanol–water partition coefficient (Wildman–Crippen LogP) is 0.401. The normalized spacial score (nSPS) is 7.25. The van der Waals surface area contributed by atoms with E-state index in [2.05, 4.69) is 0 Å². The Morgan fingerprint density at radius 2 is 1.00 bits per heavy atom. The molecule has 0 unspecified atom stereocenters. The fraction of sp³-hybridized carbons (Fsp3) is 0. The molecule has 8 heavy (non-hydrogen) atoms. The van der Waals surface area contributed by atoms with Gasteiger partial charge in [0.25, 0.3) is 0 Å². The Morgan fingerprint density at radius 3 is 1.00 bits per heavy atom. The largest absolute Gasteiger partial charge is 2.00 e. The Balaban J connectivity index is -0.0000000267. The Kier molecular flexibility index (Phi) is 23.1. The van der Waals surface area contributed by atoms with Crippen LogP contribution in [0.1, 0.15) is 0 Å². The minimum absolute atomic E-state index is 0. The third-order valence-corrected chi connectivity index (χ3v) is 0. The maximum atomic E-state index is 8.74. The summed E-state index contributed by atoms with van der Waals surface area (Å²) in [6.07, 6.45) is 0. The summed E-state index contributed by atoms with van der Waals surface area (Å²) in [6, 6.07) is 0. The van der Waals surface area contributed by atoms with Gasteiger partial charge in [0.15, 0.2) is 0 Å². The minimum atomic E-state index is -4.67. The van der Waals surface area contributed by atoms with Crippen LogP contribution < -0.4 is 0 Å². The molecule has 0 aromatic rings. The van der Waals surface area contributed by atoms with E-state index in [0.717, 1.165) is 0 Å². The Morgan fingerprint density at radius 1 is 1.00 bits per heavy atom. The van der Waals surface area contributed by atoms with Crippen LogP contribution in [0.2, 0.25) is 0 Å². The molecule has 0 rings (SSSR count). The van der Waals surface area contributed by atoms with Crippen molar-refractivity contribution in [2.75, 3.05) is 0 Å². The number of nitrogens with two attached hydrogens (primary N) is 2. The molecule has 0 radical (unpaired) electrons. The minimum Gasteiger partial charge on any atom is -0.693 e. The summed E-state index contributed by atoms with van der Waals surface area (Å²) in [5.74, 6) is 0. The third-order valence-electron chi connectivity index (χ3n) is 0. The second-order valence-corrected chi connectivity index (χ2v) is 1.34. The molecule has 0 spiro atoms. The molecule has 6 nitrogen and oxygen atoms in total. The van der Waals surface area contributed by atoms with Crippen LogP contribution in [0, 0.1) is 0 Å². The molecular formula is H6CaN2O4S. The summed E-state index contributed by atoms with van der Waals surface area (Å²) in [5, 5.41) is 0. The van der Waals surface area contributed by atoms with Crippen molar-refractivity contribution in [1.29, 1.82) is 0 Å². The molecule has 0 aromatic carbocycles. The summed E-state index contributed by atoms with van der Waals surface area (Å²) in [6.45, 7) is 0. The summed E-state index contributed by atoms with van der Waals surface area (Å²) in [4.78, 5) is 0. The van der Waals surface area contributed by atoms with Crippen molar-refractivity contribution in [2.24, 2.45) is 0 Å². The Labute approximate surface area is 77.4 Å². The van der Waals surface area contributed by atoms with E-state index in [4.69, 9.17) is 17.5 Å². The third kappa shape index (κ3) is 234. The van der Waals surface area contributed by atoms with E-state index in [9.17, 15) is 0 Å². The maximum absolute atomic E-state index is 8.74. The summed E-state index contributed by atoms with van der Waals surface area (Å²) < 4.78 is 31.6. The molecule has 0 saturated carbocycles. The molecule has 0 aliphatic rings. The van der Waals surface area contributed by atoms with Crippen molar-refractivity contribution >= 4 is 48.1 Å². The Bertz CT molecular complexity index is 97.2. The first-order chi connectivity index (χ1) is 2.00. The first-order valence-electron chi connectivity index (χ1n) is 0.698. The van der Waals surface area contributed by atoms with Crippen molar-refractivity contribution in [2.45, 2.75) is 0 Å². The zero-order valence-electron chi connectivity index (χ0n) is 3.98. The smallest absolute Gasteiger partial charge is 0.693 e. The average Bonchev–Trinajstić information content (AvgIpc) is 0.722. The monoisotopic (exact) mass is 170 g/mol. The van der Waals surface area contributed by atoms with Gasteiger partial charge < -0.3 is 12.3 Å². The first-order valence-corrected chi connectivity index (χ1v) is 2.10. The van der Waals surface area contributed by atoms with Crippen LogP contribution in [-0.4, -0.2) is 55.3 Å². The van der Waals surface area contributed by atoms with Crippen LogP contribution >= 0.6 is 0 Å². The second-order valence-electron chi connectivity index (χ2n) is 0.448. The molecule has 0 aliphatic heterocycles. The number of rotatable bonds is 0. The van der Waals surface area contributed by atoms with Crippen LogP contribution in [0.15, 0.2) is 0 Å². The maximum Gasteiger partial charge on any atom is 2.00 e. The van der Waals surface area contributed by atoms with E-state index < -0.39 is 10.4 Å². The van der Waals surface area contributed by atoms with E-state index in [0.29, 0.717) is 0 Å². The van der Waals surface area contributed by atoms with Crippen LogP contribution in [0.3, 0.4) is 0 Å². The van der Waals surface area contributed by atoms with Crippen molar-refractivity contribution in [3.05, 3.63) is 12.3 Å². The van der Waals surface area contributed by atoms with Crippen molar-refractivity contribution in [3.8, 4) is 0 Å². The summed E-state index contributed by atoms with van der Waals surface area (Å²) in [7, 11) is -4.67.